The maximum absolute atomic E-state index is 13.3. The lowest BCUT2D eigenvalue weighted by molar-refractivity contribution is -0.126. The van der Waals surface area contributed by atoms with Crippen LogP contribution < -0.4 is 20.7 Å². The van der Waals surface area contributed by atoms with Gasteiger partial charge in [-0.05, 0) is 25.0 Å². The average Bonchev–Trinajstić information content (AvgIpc) is 2.49. The molecule has 1 aromatic rings. The van der Waals surface area contributed by atoms with Crippen LogP contribution >= 0.6 is 12.4 Å². The van der Waals surface area contributed by atoms with Crippen molar-refractivity contribution in [2.24, 2.45) is 11.7 Å². The van der Waals surface area contributed by atoms with Crippen molar-refractivity contribution < 1.29 is 18.7 Å². The summed E-state index contributed by atoms with van der Waals surface area (Å²) in [6, 6.07) is 3.35. The fourth-order valence-electron chi connectivity index (χ4n) is 2.33. The maximum atomic E-state index is 13.3. The van der Waals surface area contributed by atoms with Gasteiger partial charge in [0, 0.05) is 6.07 Å². The molecule has 1 aliphatic heterocycles. The number of carbonyl (C=O) groups is 2. The van der Waals surface area contributed by atoms with Crippen molar-refractivity contribution in [3.8, 4) is 5.75 Å². The van der Waals surface area contributed by atoms with Crippen LogP contribution in [0.15, 0.2) is 18.2 Å². The summed E-state index contributed by atoms with van der Waals surface area (Å²) in [6.45, 7) is 5.63. The number of nitrogens with two attached hydrogens (primary N) is 1. The number of halogens is 2. The van der Waals surface area contributed by atoms with Crippen LogP contribution in [0, 0.1) is 11.7 Å². The first kappa shape index (κ1) is 20.2. The molecule has 0 spiro atoms. The van der Waals surface area contributed by atoms with Crippen LogP contribution in [0.2, 0.25) is 0 Å². The third-order valence-corrected chi connectivity index (χ3v) is 3.72. The van der Waals surface area contributed by atoms with Crippen molar-refractivity contribution in [2.45, 2.75) is 32.9 Å². The third-order valence-electron chi connectivity index (χ3n) is 3.72. The number of carbonyl (C=O) groups excluding carboxylic acids is 2. The number of hydrogen-bond donors (Lipinski definition) is 2. The minimum Gasteiger partial charge on any atom is -0.487 e. The molecule has 3 N–H and O–H groups in total. The molecular weight excluding hydrogens is 337 g/mol. The van der Waals surface area contributed by atoms with E-state index in [2.05, 4.69) is 5.32 Å². The molecule has 1 heterocycles. The van der Waals surface area contributed by atoms with E-state index in [0.717, 1.165) is 0 Å². The molecule has 0 bridgehead atoms. The van der Waals surface area contributed by atoms with Crippen LogP contribution in [0.1, 0.15) is 20.8 Å². The van der Waals surface area contributed by atoms with Gasteiger partial charge in [0.1, 0.15) is 17.7 Å². The van der Waals surface area contributed by atoms with Gasteiger partial charge in [0.25, 0.3) is 0 Å². The number of amides is 2. The van der Waals surface area contributed by atoms with Crippen LogP contribution in [0.4, 0.5) is 10.1 Å². The zero-order valence-corrected chi connectivity index (χ0v) is 14.7. The highest BCUT2D eigenvalue weighted by atomic mass is 35.5. The number of benzene rings is 1. The Kier molecular flexibility index (Phi) is 6.98. The Labute approximate surface area is 146 Å². The Bertz CT molecular complexity index is 612. The van der Waals surface area contributed by atoms with Crippen molar-refractivity contribution in [3.63, 3.8) is 0 Å². The first-order valence-corrected chi connectivity index (χ1v) is 7.59. The van der Waals surface area contributed by atoms with Gasteiger partial charge in [-0.1, -0.05) is 13.8 Å². The van der Waals surface area contributed by atoms with E-state index in [1.165, 1.54) is 23.1 Å². The van der Waals surface area contributed by atoms with E-state index in [4.69, 9.17) is 10.5 Å². The van der Waals surface area contributed by atoms with Gasteiger partial charge < -0.3 is 20.7 Å². The number of rotatable bonds is 4. The van der Waals surface area contributed by atoms with Crippen molar-refractivity contribution in [2.75, 3.05) is 18.0 Å². The number of ether oxygens (including phenoxy) is 1. The molecular formula is C16H23ClFN3O3. The first-order valence-electron chi connectivity index (χ1n) is 7.59. The minimum absolute atomic E-state index is 0. The molecule has 0 fully saturated rings. The number of nitrogens with zero attached hydrogens (tertiary/aromatic N) is 1. The van der Waals surface area contributed by atoms with Gasteiger partial charge in [-0.15, -0.1) is 12.4 Å². The topological polar surface area (TPSA) is 84.7 Å². The Hall–Kier alpha value is -1.86. The van der Waals surface area contributed by atoms with Crippen molar-refractivity contribution >= 4 is 29.9 Å². The average molecular weight is 360 g/mol. The van der Waals surface area contributed by atoms with Gasteiger partial charge in [-0.3, -0.25) is 9.59 Å². The van der Waals surface area contributed by atoms with Gasteiger partial charge in [-0.2, -0.15) is 0 Å². The predicted octanol–water partition coefficient (Wildman–Crippen LogP) is 1.46. The largest absolute Gasteiger partial charge is 0.487 e. The summed E-state index contributed by atoms with van der Waals surface area (Å²) in [5.74, 6) is -0.785. The van der Waals surface area contributed by atoms with E-state index < -0.39 is 11.9 Å². The van der Waals surface area contributed by atoms with Gasteiger partial charge in [-0.25, -0.2) is 4.39 Å². The summed E-state index contributed by atoms with van der Waals surface area (Å²) in [6.07, 6.45) is -0.262. The van der Waals surface area contributed by atoms with Gasteiger partial charge >= 0.3 is 0 Å². The summed E-state index contributed by atoms with van der Waals surface area (Å²) in [5, 5.41) is 2.55. The minimum atomic E-state index is -0.659. The highest BCUT2D eigenvalue weighted by Crippen LogP contribution is 2.33. The molecule has 0 radical (unpaired) electrons. The van der Waals surface area contributed by atoms with E-state index in [9.17, 15) is 14.0 Å². The number of hydrogen-bond acceptors (Lipinski definition) is 4. The summed E-state index contributed by atoms with van der Waals surface area (Å²) in [5.41, 5.74) is 6.24. The number of fused-ring (bicyclic) bond motifs is 1. The van der Waals surface area contributed by atoms with E-state index in [0.29, 0.717) is 18.0 Å². The van der Waals surface area contributed by atoms with E-state index in [-0.39, 0.29) is 42.8 Å². The molecule has 0 saturated carbocycles. The Balaban J connectivity index is 0.00000288. The van der Waals surface area contributed by atoms with E-state index in [1.54, 1.807) is 6.92 Å². The Morgan fingerprint density at radius 2 is 2.12 bits per heavy atom. The Morgan fingerprint density at radius 3 is 2.75 bits per heavy atom. The third kappa shape index (κ3) is 4.58. The molecule has 2 amide bonds. The van der Waals surface area contributed by atoms with E-state index >= 15 is 0 Å². The molecule has 8 heteroatoms. The second kappa shape index (κ2) is 8.30. The highest BCUT2D eigenvalue weighted by Gasteiger charge is 2.28. The maximum Gasteiger partial charge on any atom is 0.246 e. The summed E-state index contributed by atoms with van der Waals surface area (Å²) in [7, 11) is 0. The molecule has 0 aromatic heterocycles. The monoisotopic (exact) mass is 359 g/mol. The molecule has 2 atom stereocenters. The molecule has 24 heavy (non-hydrogen) atoms. The second-order valence-corrected chi connectivity index (χ2v) is 6.03. The lowest BCUT2D eigenvalue weighted by atomic mass is 10.1. The molecule has 0 saturated heterocycles. The van der Waals surface area contributed by atoms with Gasteiger partial charge in [0.2, 0.25) is 11.8 Å². The zero-order chi connectivity index (χ0) is 17.1. The fraction of sp³-hybridized carbons (Fsp3) is 0.500. The van der Waals surface area contributed by atoms with Crippen LogP contribution in [-0.2, 0) is 9.59 Å². The predicted molar refractivity (Wildman–Crippen MR) is 91.9 cm³/mol. The Morgan fingerprint density at radius 1 is 1.46 bits per heavy atom. The molecule has 1 unspecified atom stereocenters. The standard InChI is InChI=1S/C16H22FN3O3.ClH/c1-9(2)15(18)16(22)19-7-14(21)20-8-10(3)23-13-6-11(17)4-5-12(13)20;/h4-6,9-10,15H,7-8,18H2,1-3H3,(H,19,22);1H/t10?,15-;/m0./s1. The number of anilines is 1. The molecule has 1 aromatic carbocycles. The second-order valence-electron chi connectivity index (χ2n) is 6.03. The molecule has 6 nitrogen and oxygen atoms in total. The lowest BCUT2D eigenvalue weighted by Crippen LogP contribution is -2.50. The van der Waals surface area contributed by atoms with Crippen molar-refractivity contribution in [1.82, 2.24) is 5.32 Å². The SMILES string of the molecule is CC1CN(C(=O)CNC(=O)[C@@H](N)C(C)C)c2ccc(F)cc2O1.Cl. The normalized spacial score (nSPS) is 17.4. The summed E-state index contributed by atoms with van der Waals surface area (Å²) >= 11 is 0. The van der Waals surface area contributed by atoms with Crippen molar-refractivity contribution in [3.05, 3.63) is 24.0 Å². The van der Waals surface area contributed by atoms with Crippen LogP contribution in [0.25, 0.3) is 0 Å². The molecule has 134 valence electrons. The van der Waals surface area contributed by atoms with Crippen LogP contribution in [-0.4, -0.2) is 37.0 Å². The number of nitrogens with one attached hydrogen (secondary N) is 1. The van der Waals surface area contributed by atoms with Crippen LogP contribution in [0.3, 0.4) is 0 Å². The quantitative estimate of drug-likeness (QED) is 0.852. The zero-order valence-electron chi connectivity index (χ0n) is 13.9. The highest BCUT2D eigenvalue weighted by molar-refractivity contribution is 5.98. The fourth-order valence-corrected chi connectivity index (χ4v) is 2.33. The molecule has 2 rings (SSSR count). The lowest BCUT2D eigenvalue weighted by Gasteiger charge is -2.33. The summed E-state index contributed by atoms with van der Waals surface area (Å²) in [4.78, 5) is 25.7. The van der Waals surface area contributed by atoms with Crippen molar-refractivity contribution in [1.29, 1.82) is 0 Å². The first-order chi connectivity index (χ1) is 10.8. The summed E-state index contributed by atoms with van der Waals surface area (Å²) < 4.78 is 18.9. The van der Waals surface area contributed by atoms with Gasteiger partial charge in [0.15, 0.2) is 0 Å². The molecule has 1 aliphatic rings. The van der Waals surface area contributed by atoms with E-state index in [1.807, 2.05) is 13.8 Å². The van der Waals surface area contributed by atoms with Crippen LogP contribution in [0.5, 0.6) is 5.75 Å². The smallest absolute Gasteiger partial charge is 0.246 e. The molecule has 0 aliphatic carbocycles. The van der Waals surface area contributed by atoms with Gasteiger partial charge in [0.05, 0.1) is 24.8 Å².